The third-order valence-electron chi connectivity index (χ3n) is 2.33. The molecule has 0 spiro atoms. The number of rotatable bonds is 2. The first kappa shape index (κ1) is 9.49. The maximum atomic E-state index is 6.07. The Labute approximate surface area is 87.5 Å². The number of nitrogens with zero attached hydrogens (tertiary/aromatic N) is 2. The van der Waals surface area contributed by atoms with Gasteiger partial charge in [0, 0.05) is 6.04 Å². The lowest BCUT2D eigenvalue weighted by molar-refractivity contribution is 0.669. The van der Waals surface area contributed by atoms with Gasteiger partial charge in [-0.2, -0.15) is 0 Å². The van der Waals surface area contributed by atoms with E-state index in [0.717, 1.165) is 17.8 Å². The van der Waals surface area contributed by atoms with Crippen LogP contribution in [-0.2, 0) is 0 Å². The summed E-state index contributed by atoms with van der Waals surface area (Å²) >= 11 is 6.07. The molecule has 4 heteroatoms. The van der Waals surface area contributed by atoms with Crippen LogP contribution in [0.5, 0.6) is 0 Å². The van der Waals surface area contributed by atoms with E-state index in [1.54, 1.807) is 6.20 Å². The van der Waals surface area contributed by atoms with Gasteiger partial charge in [-0.1, -0.05) is 24.6 Å². The van der Waals surface area contributed by atoms with E-state index in [9.17, 15) is 0 Å². The van der Waals surface area contributed by atoms with Crippen LogP contribution in [0.3, 0.4) is 0 Å². The van der Waals surface area contributed by atoms with Crippen molar-refractivity contribution >= 4 is 17.2 Å². The van der Waals surface area contributed by atoms with Gasteiger partial charge in [0.1, 0.15) is 10.8 Å². The molecule has 2 rings (SSSR count). The van der Waals surface area contributed by atoms with Crippen LogP contribution in [0.1, 0.15) is 25.1 Å². The van der Waals surface area contributed by atoms with Gasteiger partial charge < -0.3 is 5.73 Å². The van der Waals surface area contributed by atoms with E-state index in [1.165, 1.54) is 0 Å². The first-order valence-corrected chi connectivity index (χ1v) is 4.99. The lowest BCUT2D eigenvalue weighted by Gasteiger charge is -2.09. The Morgan fingerprint density at radius 3 is 3.07 bits per heavy atom. The number of hydrogen-bond donors (Lipinski definition) is 1. The first-order chi connectivity index (χ1) is 6.74. The van der Waals surface area contributed by atoms with Gasteiger partial charge >= 0.3 is 0 Å². The fourth-order valence-corrected chi connectivity index (χ4v) is 1.75. The fourth-order valence-electron chi connectivity index (χ4n) is 1.49. The van der Waals surface area contributed by atoms with Crippen LogP contribution in [0.15, 0.2) is 24.4 Å². The lowest BCUT2D eigenvalue weighted by Crippen LogP contribution is -2.11. The van der Waals surface area contributed by atoms with Crippen LogP contribution in [-0.4, -0.2) is 9.38 Å². The van der Waals surface area contributed by atoms with Gasteiger partial charge in [-0.15, -0.1) is 0 Å². The molecule has 0 aliphatic heterocycles. The van der Waals surface area contributed by atoms with Crippen molar-refractivity contribution < 1.29 is 0 Å². The van der Waals surface area contributed by atoms with E-state index in [1.807, 2.05) is 29.5 Å². The van der Waals surface area contributed by atoms with Crippen LogP contribution in [0.4, 0.5) is 0 Å². The predicted molar refractivity (Wildman–Crippen MR) is 57.4 cm³/mol. The van der Waals surface area contributed by atoms with Crippen molar-refractivity contribution in [1.82, 2.24) is 9.38 Å². The normalized spacial score (nSPS) is 13.4. The van der Waals surface area contributed by atoms with Crippen LogP contribution in [0.25, 0.3) is 5.65 Å². The Morgan fingerprint density at radius 2 is 2.36 bits per heavy atom. The highest BCUT2D eigenvalue weighted by Crippen LogP contribution is 2.20. The van der Waals surface area contributed by atoms with E-state index in [-0.39, 0.29) is 6.04 Å². The summed E-state index contributed by atoms with van der Waals surface area (Å²) in [5.41, 5.74) is 7.76. The van der Waals surface area contributed by atoms with Gasteiger partial charge in [-0.25, -0.2) is 4.98 Å². The molecule has 1 unspecified atom stereocenters. The SMILES string of the molecule is CCC(N)c1cnc2cccc(Cl)n12. The Kier molecular flexibility index (Phi) is 2.44. The highest BCUT2D eigenvalue weighted by Gasteiger charge is 2.11. The van der Waals surface area contributed by atoms with Crippen LogP contribution in [0, 0.1) is 0 Å². The van der Waals surface area contributed by atoms with Gasteiger partial charge in [-0.05, 0) is 18.6 Å². The van der Waals surface area contributed by atoms with Crippen LogP contribution < -0.4 is 5.73 Å². The second-order valence-electron chi connectivity index (χ2n) is 3.24. The minimum Gasteiger partial charge on any atom is -0.323 e. The second kappa shape index (κ2) is 3.59. The first-order valence-electron chi connectivity index (χ1n) is 4.61. The molecule has 0 aromatic carbocycles. The van der Waals surface area contributed by atoms with E-state index >= 15 is 0 Å². The zero-order chi connectivity index (χ0) is 10.1. The largest absolute Gasteiger partial charge is 0.323 e. The number of aromatic nitrogens is 2. The molecule has 3 nitrogen and oxygen atoms in total. The van der Waals surface area contributed by atoms with Crippen molar-refractivity contribution in [3.63, 3.8) is 0 Å². The molecule has 2 aromatic rings. The Morgan fingerprint density at radius 1 is 1.57 bits per heavy atom. The van der Waals surface area contributed by atoms with Gasteiger partial charge in [0.05, 0.1) is 11.9 Å². The standard InChI is InChI=1S/C10H12ClN3/c1-2-7(12)8-6-13-10-5-3-4-9(11)14(8)10/h3-7H,2,12H2,1H3. The number of halogens is 1. The van der Waals surface area contributed by atoms with E-state index in [2.05, 4.69) is 4.98 Å². The molecule has 0 bridgehead atoms. The summed E-state index contributed by atoms with van der Waals surface area (Å²) in [5, 5.41) is 0.652. The van der Waals surface area contributed by atoms with Crippen molar-refractivity contribution in [2.75, 3.05) is 0 Å². The summed E-state index contributed by atoms with van der Waals surface area (Å²) in [6.07, 6.45) is 2.66. The highest BCUT2D eigenvalue weighted by atomic mass is 35.5. The summed E-state index contributed by atoms with van der Waals surface area (Å²) in [5.74, 6) is 0. The predicted octanol–water partition coefficient (Wildman–Crippen LogP) is 2.40. The molecule has 2 aromatic heterocycles. The third-order valence-corrected chi connectivity index (χ3v) is 2.62. The molecule has 0 saturated heterocycles. The second-order valence-corrected chi connectivity index (χ2v) is 3.63. The third kappa shape index (κ3) is 1.38. The average molecular weight is 210 g/mol. The maximum Gasteiger partial charge on any atom is 0.138 e. The lowest BCUT2D eigenvalue weighted by atomic mass is 10.2. The minimum atomic E-state index is -0.00935. The molecule has 0 saturated carbocycles. The summed E-state index contributed by atoms with van der Waals surface area (Å²) < 4.78 is 1.88. The molecule has 14 heavy (non-hydrogen) atoms. The molecular formula is C10H12ClN3. The van der Waals surface area contributed by atoms with Crippen molar-refractivity contribution in [3.05, 3.63) is 35.2 Å². The fraction of sp³-hybridized carbons (Fsp3) is 0.300. The Balaban J connectivity index is 2.67. The smallest absolute Gasteiger partial charge is 0.138 e. The van der Waals surface area contributed by atoms with Gasteiger partial charge in [0.2, 0.25) is 0 Å². The number of hydrogen-bond acceptors (Lipinski definition) is 2. The highest BCUT2D eigenvalue weighted by molar-refractivity contribution is 6.29. The minimum absolute atomic E-state index is 0.00935. The average Bonchev–Trinajstić information content (AvgIpc) is 2.62. The van der Waals surface area contributed by atoms with Crippen LogP contribution >= 0.6 is 11.6 Å². The zero-order valence-corrected chi connectivity index (χ0v) is 8.70. The molecule has 0 fully saturated rings. The van der Waals surface area contributed by atoms with Gasteiger partial charge in [0.15, 0.2) is 0 Å². The number of imidazole rings is 1. The monoisotopic (exact) mass is 209 g/mol. The van der Waals surface area contributed by atoms with Crippen molar-refractivity contribution in [3.8, 4) is 0 Å². The molecule has 2 heterocycles. The van der Waals surface area contributed by atoms with E-state index < -0.39 is 0 Å². The Hall–Kier alpha value is -1.06. The van der Waals surface area contributed by atoms with Crippen molar-refractivity contribution in [2.45, 2.75) is 19.4 Å². The number of pyridine rings is 1. The molecule has 74 valence electrons. The van der Waals surface area contributed by atoms with E-state index in [0.29, 0.717) is 5.15 Å². The molecule has 0 amide bonds. The zero-order valence-electron chi connectivity index (χ0n) is 7.94. The summed E-state index contributed by atoms with van der Waals surface area (Å²) in [7, 11) is 0. The summed E-state index contributed by atoms with van der Waals surface area (Å²) in [4.78, 5) is 4.25. The topological polar surface area (TPSA) is 43.3 Å². The molecule has 0 aliphatic carbocycles. The number of nitrogens with two attached hydrogens (primary N) is 1. The maximum absolute atomic E-state index is 6.07. The van der Waals surface area contributed by atoms with E-state index in [4.69, 9.17) is 17.3 Å². The van der Waals surface area contributed by atoms with Crippen molar-refractivity contribution in [2.24, 2.45) is 5.73 Å². The number of fused-ring (bicyclic) bond motifs is 1. The van der Waals surface area contributed by atoms with Crippen molar-refractivity contribution in [1.29, 1.82) is 0 Å². The molecule has 1 atom stereocenters. The quantitative estimate of drug-likeness (QED) is 0.772. The Bertz CT molecular complexity index is 450. The molecule has 2 N–H and O–H groups in total. The molecule has 0 aliphatic rings. The van der Waals surface area contributed by atoms with Gasteiger partial charge in [0.25, 0.3) is 0 Å². The molecule has 0 radical (unpaired) electrons. The van der Waals surface area contributed by atoms with Crippen LogP contribution in [0.2, 0.25) is 5.15 Å². The summed E-state index contributed by atoms with van der Waals surface area (Å²) in [6, 6.07) is 5.62. The molecular weight excluding hydrogens is 198 g/mol. The van der Waals surface area contributed by atoms with Gasteiger partial charge in [-0.3, -0.25) is 4.40 Å². The summed E-state index contributed by atoms with van der Waals surface area (Å²) in [6.45, 7) is 2.04.